The Morgan fingerprint density at radius 1 is 1.11 bits per heavy atom. The number of carboxylic acids is 2. The predicted molar refractivity (Wildman–Crippen MR) is 108 cm³/mol. The van der Waals surface area contributed by atoms with Crippen LogP contribution in [0, 0.1) is 5.92 Å². The van der Waals surface area contributed by atoms with Gasteiger partial charge in [-0.3, -0.25) is 9.69 Å². The van der Waals surface area contributed by atoms with Crippen LogP contribution in [-0.2, 0) is 14.4 Å². The molecule has 154 valence electrons. The number of carboxylic acid groups (broad SMARTS) is 2. The van der Waals surface area contributed by atoms with E-state index < -0.39 is 11.9 Å². The molecule has 1 saturated heterocycles. The molecule has 7 heteroatoms. The SMILES string of the molecule is CC(=Cc1ccccc1)CN1CCC(C(=O)NC(C)C)CC1.O=C(O)C(=O)O. The molecule has 1 fully saturated rings. The lowest BCUT2D eigenvalue weighted by Crippen LogP contribution is -2.42. The van der Waals surface area contributed by atoms with Gasteiger partial charge in [-0.25, -0.2) is 9.59 Å². The number of nitrogens with one attached hydrogen (secondary N) is 1. The molecule has 0 spiro atoms. The van der Waals surface area contributed by atoms with Crippen LogP contribution in [-0.4, -0.2) is 58.6 Å². The summed E-state index contributed by atoms with van der Waals surface area (Å²) >= 11 is 0. The van der Waals surface area contributed by atoms with E-state index in [9.17, 15) is 4.79 Å². The molecule has 0 aromatic heterocycles. The highest BCUT2D eigenvalue weighted by Gasteiger charge is 2.25. The number of likely N-dealkylation sites (tertiary alicyclic amines) is 1. The fraction of sp³-hybridized carbons (Fsp3) is 0.476. The second-order valence-electron chi connectivity index (χ2n) is 7.23. The monoisotopic (exact) mass is 390 g/mol. The van der Waals surface area contributed by atoms with Crippen LogP contribution in [0.15, 0.2) is 35.9 Å². The zero-order chi connectivity index (χ0) is 21.1. The molecule has 1 amide bonds. The van der Waals surface area contributed by atoms with Crippen LogP contribution in [0.1, 0.15) is 39.2 Å². The van der Waals surface area contributed by atoms with Gasteiger partial charge < -0.3 is 15.5 Å². The van der Waals surface area contributed by atoms with Crippen LogP contribution in [0.5, 0.6) is 0 Å². The standard InChI is InChI=1S/C19H28N2O.C2H2O4/c1-15(2)20-19(22)18-9-11-21(12-10-18)14-16(3)13-17-7-5-4-6-8-17;3-1(4)2(5)6/h4-8,13,15,18H,9-12,14H2,1-3H3,(H,20,22);(H,3,4)(H,5,6). The molecule has 1 aliphatic rings. The van der Waals surface area contributed by atoms with Crippen LogP contribution in [0.4, 0.5) is 0 Å². The van der Waals surface area contributed by atoms with Crippen molar-refractivity contribution >= 4 is 23.9 Å². The summed E-state index contributed by atoms with van der Waals surface area (Å²) in [6.45, 7) is 9.24. The third kappa shape index (κ3) is 9.32. The fourth-order valence-electron chi connectivity index (χ4n) is 2.99. The Morgan fingerprint density at radius 2 is 1.64 bits per heavy atom. The third-order valence-electron chi connectivity index (χ3n) is 4.26. The number of piperidine rings is 1. The van der Waals surface area contributed by atoms with E-state index in [1.165, 1.54) is 11.1 Å². The lowest BCUT2D eigenvalue weighted by atomic mass is 9.95. The first-order chi connectivity index (χ1) is 13.2. The van der Waals surface area contributed by atoms with Gasteiger partial charge in [-0.05, 0) is 52.3 Å². The molecule has 1 aromatic carbocycles. The van der Waals surface area contributed by atoms with E-state index in [0.29, 0.717) is 0 Å². The Labute approximate surface area is 166 Å². The number of hydrogen-bond acceptors (Lipinski definition) is 4. The first-order valence-corrected chi connectivity index (χ1v) is 9.40. The Morgan fingerprint density at radius 3 is 2.11 bits per heavy atom. The molecule has 1 heterocycles. The zero-order valence-electron chi connectivity index (χ0n) is 16.7. The summed E-state index contributed by atoms with van der Waals surface area (Å²) in [7, 11) is 0. The maximum atomic E-state index is 12.0. The average molecular weight is 390 g/mol. The van der Waals surface area contributed by atoms with E-state index in [0.717, 1.165) is 32.5 Å². The number of carbonyl (C=O) groups excluding carboxylic acids is 1. The van der Waals surface area contributed by atoms with Gasteiger partial charge in [-0.1, -0.05) is 42.0 Å². The number of carbonyl (C=O) groups is 3. The van der Waals surface area contributed by atoms with E-state index in [1.54, 1.807) is 0 Å². The Balaban J connectivity index is 0.000000568. The van der Waals surface area contributed by atoms with Crippen LogP contribution in [0.3, 0.4) is 0 Å². The summed E-state index contributed by atoms with van der Waals surface area (Å²) in [4.78, 5) is 32.7. The average Bonchev–Trinajstić information content (AvgIpc) is 2.63. The Hall–Kier alpha value is -2.67. The number of benzene rings is 1. The summed E-state index contributed by atoms with van der Waals surface area (Å²) in [6.07, 6.45) is 4.19. The molecule has 0 radical (unpaired) electrons. The topological polar surface area (TPSA) is 107 Å². The normalized spacial score (nSPS) is 15.5. The van der Waals surface area contributed by atoms with Crippen molar-refractivity contribution in [1.29, 1.82) is 0 Å². The predicted octanol–water partition coefficient (Wildman–Crippen LogP) is 2.48. The van der Waals surface area contributed by atoms with E-state index in [-0.39, 0.29) is 17.9 Å². The molecule has 1 aromatic rings. The second-order valence-corrected chi connectivity index (χ2v) is 7.23. The minimum Gasteiger partial charge on any atom is -0.473 e. The first kappa shape index (κ1) is 23.4. The van der Waals surface area contributed by atoms with Gasteiger partial charge in [0, 0.05) is 18.5 Å². The molecule has 2 rings (SSSR count). The summed E-state index contributed by atoms with van der Waals surface area (Å²) in [5.74, 6) is -3.23. The molecular formula is C21H30N2O5. The number of rotatable bonds is 5. The Kier molecular flexibility index (Phi) is 9.95. The summed E-state index contributed by atoms with van der Waals surface area (Å²) < 4.78 is 0. The summed E-state index contributed by atoms with van der Waals surface area (Å²) in [5.41, 5.74) is 2.63. The zero-order valence-corrected chi connectivity index (χ0v) is 16.7. The van der Waals surface area contributed by atoms with Crippen molar-refractivity contribution in [3.8, 4) is 0 Å². The minimum absolute atomic E-state index is 0.192. The van der Waals surface area contributed by atoms with Gasteiger partial charge >= 0.3 is 11.9 Å². The molecule has 28 heavy (non-hydrogen) atoms. The number of amides is 1. The lowest BCUT2D eigenvalue weighted by Gasteiger charge is -2.31. The highest BCUT2D eigenvalue weighted by molar-refractivity contribution is 6.27. The van der Waals surface area contributed by atoms with Gasteiger partial charge in [-0.2, -0.15) is 0 Å². The van der Waals surface area contributed by atoms with E-state index in [4.69, 9.17) is 19.8 Å². The maximum Gasteiger partial charge on any atom is 0.414 e. The minimum atomic E-state index is -1.82. The highest BCUT2D eigenvalue weighted by atomic mass is 16.4. The molecule has 1 aliphatic heterocycles. The third-order valence-corrected chi connectivity index (χ3v) is 4.26. The summed E-state index contributed by atoms with van der Waals surface area (Å²) in [5, 5.41) is 17.8. The van der Waals surface area contributed by atoms with Crippen LogP contribution < -0.4 is 5.32 Å². The quantitative estimate of drug-likeness (QED) is 0.667. The van der Waals surface area contributed by atoms with Crippen molar-refractivity contribution in [2.45, 2.75) is 39.7 Å². The molecule has 0 bridgehead atoms. The van der Waals surface area contributed by atoms with Crippen molar-refractivity contribution in [2.24, 2.45) is 5.92 Å². The molecular weight excluding hydrogens is 360 g/mol. The van der Waals surface area contributed by atoms with E-state index in [1.807, 2.05) is 19.9 Å². The molecule has 0 saturated carbocycles. The van der Waals surface area contributed by atoms with Crippen LogP contribution in [0.25, 0.3) is 6.08 Å². The first-order valence-electron chi connectivity index (χ1n) is 9.40. The van der Waals surface area contributed by atoms with Crippen LogP contribution >= 0.6 is 0 Å². The van der Waals surface area contributed by atoms with E-state index >= 15 is 0 Å². The largest absolute Gasteiger partial charge is 0.473 e. The van der Waals surface area contributed by atoms with Gasteiger partial charge in [0.05, 0.1) is 0 Å². The second kappa shape index (κ2) is 11.9. The van der Waals surface area contributed by atoms with E-state index in [2.05, 4.69) is 47.5 Å². The van der Waals surface area contributed by atoms with Crippen molar-refractivity contribution < 1.29 is 24.6 Å². The van der Waals surface area contributed by atoms with Crippen molar-refractivity contribution in [1.82, 2.24) is 10.2 Å². The molecule has 3 N–H and O–H groups in total. The number of aliphatic carboxylic acids is 2. The van der Waals surface area contributed by atoms with Crippen molar-refractivity contribution in [3.05, 3.63) is 41.5 Å². The van der Waals surface area contributed by atoms with Crippen molar-refractivity contribution in [2.75, 3.05) is 19.6 Å². The molecule has 0 atom stereocenters. The van der Waals surface area contributed by atoms with Crippen molar-refractivity contribution in [3.63, 3.8) is 0 Å². The summed E-state index contributed by atoms with van der Waals surface area (Å²) in [6, 6.07) is 10.7. The molecule has 7 nitrogen and oxygen atoms in total. The number of nitrogens with zero attached hydrogens (tertiary/aromatic N) is 1. The number of hydrogen-bond donors (Lipinski definition) is 3. The van der Waals surface area contributed by atoms with Gasteiger partial charge in [-0.15, -0.1) is 0 Å². The lowest BCUT2D eigenvalue weighted by molar-refractivity contribution is -0.159. The molecule has 0 aliphatic carbocycles. The fourth-order valence-corrected chi connectivity index (χ4v) is 2.99. The van der Waals surface area contributed by atoms with Gasteiger partial charge in [0.25, 0.3) is 0 Å². The van der Waals surface area contributed by atoms with Gasteiger partial charge in [0.1, 0.15) is 0 Å². The Bertz CT molecular complexity index is 665. The van der Waals surface area contributed by atoms with Crippen LogP contribution in [0.2, 0.25) is 0 Å². The maximum absolute atomic E-state index is 12.0. The molecule has 0 unspecified atom stereocenters. The smallest absolute Gasteiger partial charge is 0.414 e. The van der Waals surface area contributed by atoms with Gasteiger partial charge in [0.2, 0.25) is 5.91 Å². The van der Waals surface area contributed by atoms with Gasteiger partial charge in [0.15, 0.2) is 0 Å². The highest BCUT2D eigenvalue weighted by Crippen LogP contribution is 2.19.